The topological polar surface area (TPSA) is 52.8 Å². The van der Waals surface area contributed by atoms with Crippen molar-refractivity contribution in [1.82, 2.24) is 19.5 Å². The van der Waals surface area contributed by atoms with Crippen LogP contribution >= 0.6 is 0 Å². The summed E-state index contributed by atoms with van der Waals surface area (Å²) in [5, 5.41) is 0. The van der Waals surface area contributed by atoms with Gasteiger partial charge in [0.05, 0.1) is 0 Å². The molecule has 0 N–H and O–H groups in total. The van der Waals surface area contributed by atoms with Gasteiger partial charge in [-0.1, -0.05) is 60.7 Å². The molecule has 5 heteroatoms. The third kappa shape index (κ3) is 3.40. The lowest BCUT2D eigenvalue weighted by molar-refractivity contribution is 0.297. The van der Waals surface area contributed by atoms with Crippen molar-refractivity contribution < 1.29 is 4.74 Å². The smallest absolute Gasteiger partial charge is 0.245 e. The maximum Gasteiger partial charge on any atom is 0.245 e. The van der Waals surface area contributed by atoms with Gasteiger partial charge in [-0.15, -0.1) is 0 Å². The van der Waals surface area contributed by atoms with Gasteiger partial charge in [0.1, 0.15) is 18.8 Å². The molecule has 2 aromatic heterocycles. The molecule has 0 unspecified atom stereocenters. The number of hydrogen-bond donors (Lipinski definition) is 0. The summed E-state index contributed by atoms with van der Waals surface area (Å²) in [5.41, 5.74) is 3.40. The van der Waals surface area contributed by atoms with Gasteiger partial charge in [0.2, 0.25) is 5.88 Å². The fourth-order valence-corrected chi connectivity index (χ4v) is 3.12. The Morgan fingerprint density at radius 2 is 1.56 bits per heavy atom. The van der Waals surface area contributed by atoms with Crippen molar-refractivity contribution in [2.24, 2.45) is 0 Å². The van der Waals surface area contributed by atoms with E-state index < -0.39 is 0 Å². The van der Waals surface area contributed by atoms with Crippen LogP contribution in [-0.2, 0) is 12.1 Å². The summed E-state index contributed by atoms with van der Waals surface area (Å²) in [4.78, 5) is 13.7. The highest BCUT2D eigenvalue weighted by Gasteiger charge is 2.25. The van der Waals surface area contributed by atoms with E-state index in [4.69, 9.17) is 9.72 Å². The summed E-state index contributed by atoms with van der Waals surface area (Å²) in [7, 11) is 0. The third-order valence-corrected chi connectivity index (χ3v) is 4.33. The van der Waals surface area contributed by atoms with Crippen LogP contribution in [0.3, 0.4) is 0 Å². The molecule has 5 nitrogen and oxygen atoms in total. The van der Waals surface area contributed by atoms with Gasteiger partial charge in [-0.2, -0.15) is 4.98 Å². The molecule has 0 aliphatic heterocycles. The predicted molar refractivity (Wildman–Crippen MR) is 107 cm³/mol. The molecule has 0 aliphatic rings. The fourth-order valence-electron chi connectivity index (χ4n) is 3.12. The van der Waals surface area contributed by atoms with Crippen LogP contribution < -0.4 is 4.74 Å². The summed E-state index contributed by atoms with van der Waals surface area (Å²) in [6, 6.07) is 20.2. The molecule has 0 saturated carbocycles. The minimum absolute atomic E-state index is 0.190. The molecule has 0 atom stereocenters. The fraction of sp³-hybridized carbons (Fsp3) is 0.227. The zero-order chi connectivity index (χ0) is 18.9. The van der Waals surface area contributed by atoms with Crippen molar-refractivity contribution in [1.29, 1.82) is 0 Å². The van der Waals surface area contributed by atoms with Gasteiger partial charge in [0, 0.05) is 11.1 Å². The first-order valence-electron chi connectivity index (χ1n) is 9.00. The normalized spacial score (nSPS) is 11.7. The van der Waals surface area contributed by atoms with Gasteiger partial charge >= 0.3 is 0 Å². The van der Waals surface area contributed by atoms with Gasteiger partial charge < -0.3 is 9.30 Å². The van der Waals surface area contributed by atoms with Crippen LogP contribution in [-0.4, -0.2) is 19.5 Å². The number of ether oxygens (including phenoxy) is 1. The number of rotatable bonds is 4. The van der Waals surface area contributed by atoms with Crippen molar-refractivity contribution in [2.45, 2.75) is 32.9 Å². The molecule has 0 radical (unpaired) electrons. The minimum Gasteiger partial charge on any atom is -0.471 e. The number of fused-ring (bicyclic) bond motifs is 1. The molecule has 0 amide bonds. The molecule has 0 spiro atoms. The van der Waals surface area contributed by atoms with E-state index in [-0.39, 0.29) is 5.54 Å². The number of benzene rings is 2. The van der Waals surface area contributed by atoms with E-state index in [1.54, 1.807) is 6.33 Å². The van der Waals surface area contributed by atoms with Crippen LogP contribution in [0.2, 0.25) is 0 Å². The van der Waals surface area contributed by atoms with Gasteiger partial charge in [-0.05, 0) is 26.3 Å². The van der Waals surface area contributed by atoms with Gasteiger partial charge in [-0.3, -0.25) is 0 Å². The largest absolute Gasteiger partial charge is 0.471 e. The van der Waals surface area contributed by atoms with Gasteiger partial charge in [-0.25, -0.2) is 9.97 Å². The zero-order valence-corrected chi connectivity index (χ0v) is 15.8. The molecule has 0 saturated heterocycles. The monoisotopic (exact) mass is 358 g/mol. The molecular formula is C22H22N4O. The van der Waals surface area contributed by atoms with Crippen molar-refractivity contribution in [3.8, 4) is 17.3 Å². The maximum atomic E-state index is 6.00. The molecule has 4 aromatic rings. The van der Waals surface area contributed by atoms with Crippen LogP contribution in [0.25, 0.3) is 22.6 Å². The van der Waals surface area contributed by atoms with Crippen molar-refractivity contribution >= 4 is 11.2 Å². The quantitative estimate of drug-likeness (QED) is 0.524. The van der Waals surface area contributed by atoms with E-state index in [0.29, 0.717) is 18.0 Å². The number of aromatic nitrogens is 4. The minimum atomic E-state index is -0.190. The molecule has 2 aromatic carbocycles. The number of nitrogens with zero attached hydrogens (tertiary/aromatic N) is 4. The average molecular weight is 358 g/mol. The summed E-state index contributed by atoms with van der Waals surface area (Å²) >= 11 is 0. The molecule has 0 bridgehead atoms. The standard InChI is InChI=1S/C22H22N4O/c1-22(2,3)26-19(17-12-8-5-9-13-17)25-18-20(26)23-15-24-21(18)27-14-16-10-6-4-7-11-16/h4-13,15H,14H2,1-3H3. The van der Waals surface area contributed by atoms with Crippen LogP contribution in [0.5, 0.6) is 5.88 Å². The second-order valence-corrected chi connectivity index (χ2v) is 7.43. The summed E-state index contributed by atoms with van der Waals surface area (Å²) in [5.74, 6) is 1.37. The Morgan fingerprint density at radius 1 is 0.889 bits per heavy atom. The van der Waals surface area contributed by atoms with Crippen LogP contribution in [0.4, 0.5) is 0 Å². The Kier molecular flexibility index (Phi) is 4.36. The average Bonchev–Trinajstić information content (AvgIpc) is 3.08. The van der Waals surface area contributed by atoms with Crippen LogP contribution in [0.1, 0.15) is 26.3 Å². The number of imidazole rings is 1. The second kappa shape index (κ2) is 6.83. The Balaban J connectivity index is 1.82. The van der Waals surface area contributed by atoms with E-state index in [1.165, 1.54) is 0 Å². The lowest BCUT2D eigenvalue weighted by atomic mass is 10.1. The molecule has 2 heterocycles. The Bertz CT molecular complexity index is 1050. The SMILES string of the molecule is CC(C)(C)n1c(-c2ccccc2)nc2c(OCc3ccccc3)ncnc21. The lowest BCUT2D eigenvalue weighted by Gasteiger charge is -2.24. The van der Waals surface area contributed by atoms with Gasteiger partial charge in [0.25, 0.3) is 0 Å². The summed E-state index contributed by atoms with van der Waals surface area (Å²) in [6.45, 7) is 6.88. The third-order valence-electron chi connectivity index (χ3n) is 4.33. The summed E-state index contributed by atoms with van der Waals surface area (Å²) < 4.78 is 8.14. The van der Waals surface area contributed by atoms with Crippen molar-refractivity contribution in [3.05, 3.63) is 72.6 Å². The Labute approximate surface area is 158 Å². The maximum absolute atomic E-state index is 6.00. The highest BCUT2D eigenvalue weighted by Crippen LogP contribution is 2.33. The highest BCUT2D eigenvalue weighted by molar-refractivity contribution is 5.81. The Hall–Kier alpha value is -3.21. The van der Waals surface area contributed by atoms with E-state index in [2.05, 4.69) is 47.4 Å². The van der Waals surface area contributed by atoms with E-state index in [1.807, 2.05) is 48.5 Å². The highest BCUT2D eigenvalue weighted by atomic mass is 16.5. The van der Waals surface area contributed by atoms with Crippen molar-refractivity contribution in [2.75, 3.05) is 0 Å². The first-order valence-corrected chi connectivity index (χ1v) is 9.00. The van der Waals surface area contributed by atoms with Crippen molar-refractivity contribution in [3.63, 3.8) is 0 Å². The Morgan fingerprint density at radius 3 is 2.22 bits per heavy atom. The van der Waals surface area contributed by atoms with Crippen LogP contribution in [0, 0.1) is 0 Å². The number of hydrogen-bond acceptors (Lipinski definition) is 4. The van der Waals surface area contributed by atoms with Crippen LogP contribution in [0.15, 0.2) is 67.0 Å². The molecule has 4 rings (SSSR count). The zero-order valence-electron chi connectivity index (χ0n) is 15.8. The molecule has 0 fully saturated rings. The van der Waals surface area contributed by atoms with E-state index >= 15 is 0 Å². The lowest BCUT2D eigenvalue weighted by Crippen LogP contribution is -2.23. The van der Waals surface area contributed by atoms with Gasteiger partial charge in [0.15, 0.2) is 11.2 Å². The molecule has 27 heavy (non-hydrogen) atoms. The van der Waals surface area contributed by atoms with E-state index in [9.17, 15) is 0 Å². The molecular weight excluding hydrogens is 336 g/mol. The first-order chi connectivity index (χ1) is 13.0. The first kappa shape index (κ1) is 17.2. The molecule has 0 aliphatic carbocycles. The molecule has 136 valence electrons. The second-order valence-electron chi connectivity index (χ2n) is 7.43. The predicted octanol–water partition coefficient (Wildman–Crippen LogP) is 4.83. The summed E-state index contributed by atoms with van der Waals surface area (Å²) in [6.07, 6.45) is 1.54. The van der Waals surface area contributed by atoms with E-state index in [0.717, 1.165) is 22.6 Å².